The van der Waals surface area contributed by atoms with E-state index in [1.807, 2.05) is 7.05 Å². The average molecular weight is 436 g/mol. The minimum Gasteiger partial charge on any atom is -0.379 e. The standard InChI is InChI=1S/C15H21N5O4S2.ClH/c1-19-4-3-16-10-11(19)14-17-15(24-18-14)13-12(2-9-25-13)26(21,22)20-5-7-23-8-6-20;/h2,9,11,16H,3-8,10H2,1H3;1H. The number of nitrogens with one attached hydrogen (secondary N) is 1. The van der Waals surface area contributed by atoms with Crippen LogP contribution in [0.5, 0.6) is 0 Å². The fraction of sp³-hybridized carbons (Fsp3) is 0.600. The molecule has 1 unspecified atom stereocenters. The highest BCUT2D eigenvalue weighted by molar-refractivity contribution is 7.89. The quantitative estimate of drug-likeness (QED) is 0.753. The fourth-order valence-corrected chi connectivity index (χ4v) is 5.86. The van der Waals surface area contributed by atoms with Gasteiger partial charge in [0.1, 0.15) is 9.77 Å². The highest BCUT2D eigenvalue weighted by Crippen LogP contribution is 2.34. The van der Waals surface area contributed by atoms with Gasteiger partial charge < -0.3 is 14.6 Å². The van der Waals surface area contributed by atoms with Crippen LogP contribution in [0.4, 0.5) is 0 Å². The van der Waals surface area contributed by atoms with Crippen molar-refractivity contribution in [2.45, 2.75) is 10.9 Å². The molecule has 27 heavy (non-hydrogen) atoms. The molecule has 2 aliphatic heterocycles. The van der Waals surface area contributed by atoms with E-state index in [1.165, 1.54) is 15.6 Å². The van der Waals surface area contributed by atoms with Gasteiger partial charge in [-0.15, -0.1) is 23.7 Å². The predicted octanol–water partition coefficient (Wildman–Crippen LogP) is 0.817. The molecule has 0 radical (unpaired) electrons. The lowest BCUT2D eigenvalue weighted by Crippen LogP contribution is -2.44. The molecule has 2 aromatic heterocycles. The van der Waals surface area contributed by atoms with Crippen molar-refractivity contribution in [2.24, 2.45) is 0 Å². The maximum Gasteiger partial charge on any atom is 0.269 e. The molecule has 0 bridgehead atoms. The van der Waals surface area contributed by atoms with Gasteiger partial charge in [-0.3, -0.25) is 4.90 Å². The van der Waals surface area contributed by atoms with Gasteiger partial charge in [0.05, 0.1) is 19.3 Å². The summed E-state index contributed by atoms with van der Waals surface area (Å²) in [4.78, 5) is 7.35. The summed E-state index contributed by atoms with van der Waals surface area (Å²) in [5, 5.41) is 9.14. The Morgan fingerprint density at radius 1 is 1.30 bits per heavy atom. The van der Waals surface area contributed by atoms with Crippen LogP contribution < -0.4 is 5.32 Å². The van der Waals surface area contributed by atoms with Crippen LogP contribution >= 0.6 is 23.7 Å². The number of nitrogens with zero attached hydrogens (tertiary/aromatic N) is 4. The van der Waals surface area contributed by atoms with Crippen molar-refractivity contribution in [2.75, 3.05) is 53.0 Å². The van der Waals surface area contributed by atoms with Gasteiger partial charge in [-0.05, 0) is 18.5 Å². The molecule has 0 aromatic carbocycles. The summed E-state index contributed by atoms with van der Waals surface area (Å²) in [6, 6.07) is 1.61. The monoisotopic (exact) mass is 435 g/mol. The highest BCUT2D eigenvalue weighted by Gasteiger charge is 2.32. The van der Waals surface area contributed by atoms with E-state index in [-0.39, 0.29) is 29.2 Å². The molecule has 2 aliphatic rings. The Balaban J connectivity index is 0.00000210. The van der Waals surface area contributed by atoms with Crippen LogP contribution in [0.15, 0.2) is 20.9 Å². The van der Waals surface area contributed by atoms with Crippen molar-refractivity contribution in [3.63, 3.8) is 0 Å². The zero-order chi connectivity index (χ0) is 18.1. The van der Waals surface area contributed by atoms with E-state index < -0.39 is 10.0 Å². The average Bonchev–Trinajstić information content (AvgIpc) is 3.32. The number of sulfonamides is 1. The summed E-state index contributed by atoms with van der Waals surface area (Å²) in [5.41, 5.74) is 0. The molecule has 0 aliphatic carbocycles. The molecule has 2 saturated heterocycles. The third-order valence-electron chi connectivity index (χ3n) is 4.66. The number of rotatable bonds is 4. The van der Waals surface area contributed by atoms with Gasteiger partial charge in [0.25, 0.3) is 5.89 Å². The first kappa shape index (κ1) is 20.6. The number of hydrogen-bond donors (Lipinski definition) is 1. The number of likely N-dealkylation sites (N-methyl/N-ethyl adjacent to an activating group) is 1. The Morgan fingerprint density at radius 2 is 2.07 bits per heavy atom. The third-order valence-corrected chi connectivity index (χ3v) is 7.63. The van der Waals surface area contributed by atoms with E-state index in [0.717, 1.165) is 19.6 Å². The summed E-state index contributed by atoms with van der Waals surface area (Å²) >= 11 is 1.29. The first-order valence-electron chi connectivity index (χ1n) is 8.47. The van der Waals surface area contributed by atoms with Crippen molar-refractivity contribution in [3.8, 4) is 10.8 Å². The fourth-order valence-electron chi connectivity index (χ4n) is 3.14. The minimum atomic E-state index is -3.61. The van der Waals surface area contributed by atoms with Gasteiger partial charge in [-0.2, -0.15) is 9.29 Å². The topological polar surface area (TPSA) is 101 Å². The van der Waals surface area contributed by atoms with Crippen molar-refractivity contribution < 1.29 is 17.7 Å². The Bertz CT molecular complexity index is 865. The first-order chi connectivity index (χ1) is 12.6. The number of aromatic nitrogens is 2. The van der Waals surface area contributed by atoms with Crippen LogP contribution in [-0.2, 0) is 14.8 Å². The third kappa shape index (κ3) is 4.04. The van der Waals surface area contributed by atoms with Crippen LogP contribution in [0.2, 0.25) is 0 Å². The lowest BCUT2D eigenvalue weighted by molar-refractivity contribution is 0.0730. The van der Waals surface area contributed by atoms with Crippen molar-refractivity contribution in [1.29, 1.82) is 0 Å². The van der Waals surface area contributed by atoms with Gasteiger partial charge in [-0.1, -0.05) is 5.16 Å². The number of piperazine rings is 1. The normalized spacial score (nSPS) is 22.5. The van der Waals surface area contributed by atoms with Gasteiger partial charge in [0.2, 0.25) is 10.0 Å². The second-order valence-corrected chi connectivity index (χ2v) is 9.11. The summed E-state index contributed by atoms with van der Waals surface area (Å²) < 4.78 is 38.1. The first-order valence-corrected chi connectivity index (χ1v) is 10.8. The van der Waals surface area contributed by atoms with E-state index in [0.29, 0.717) is 37.0 Å². The maximum absolute atomic E-state index is 13.0. The maximum atomic E-state index is 13.0. The molecule has 12 heteroatoms. The molecule has 1 N–H and O–H groups in total. The van der Waals surface area contributed by atoms with Gasteiger partial charge in [-0.25, -0.2) is 8.42 Å². The molecular formula is C15H22ClN5O4S2. The van der Waals surface area contributed by atoms with Gasteiger partial charge in [0, 0.05) is 32.7 Å². The number of halogens is 1. The SMILES string of the molecule is CN1CCNCC1c1noc(-c2sccc2S(=O)(=O)N2CCOCC2)n1.Cl. The second-order valence-electron chi connectivity index (χ2n) is 6.29. The van der Waals surface area contributed by atoms with E-state index in [9.17, 15) is 8.42 Å². The Kier molecular flexibility index (Phi) is 6.51. The highest BCUT2D eigenvalue weighted by atomic mass is 35.5. The zero-order valence-electron chi connectivity index (χ0n) is 14.8. The summed E-state index contributed by atoms with van der Waals surface area (Å²) in [6.07, 6.45) is 0. The molecule has 4 rings (SSSR count). The predicted molar refractivity (Wildman–Crippen MR) is 103 cm³/mol. The van der Waals surface area contributed by atoms with Crippen molar-refractivity contribution in [1.82, 2.24) is 24.7 Å². The van der Waals surface area contributed by atoms with Crippen LogP contribution in [-0.4, -0.2) is 80.7 Å². The minimum absolute atomic E-state index is 0. The molecule has 9 nitrogen and oxygen atoms in total. The van der Waals surface area contributed by atoms with Gasteiger partial charge >= 0.3 is 0 Å². The number of ether oxygens (including phenoxy) is 1. The van der Waals surface area contributed by atoms with Crippen molar-refractivity contribution in [3.05, 3.63) is 17.3 Å². The zero-order valence-corrected chi connectivity index (χ0v) is 17.3. The summed E-state index contributed by atoms with van der Waals surface area (Å²) in [6.45, 7) is 4.07. The van der Waals surface area contributed by atoms with E-state index >= 15 is 0 Å². The molecule has 0 saturated carbocycles. The summed E-state index contributed by atoms with van der Waals surface area (Å²) in [5.74, 6) is 0.818. The van der Waals surface area contributed by atoms with Crippen LogP contribution in [0.1, 0.15) is 11.9 Å². The molecule has 150 valence electrons. The molecule has 2 fully saturated rings. The lowest BCUT2D eigenvalue weighted by Gasteiger charge is -2.30. The Hall–Kier alpha value is -1.08. The Labute approximate surface area is 168 Å². The van der Waals surface area contributed by atoms with E-state index in [1.54, 1.807) is 11.4 Å². The van der Waals surface area contributed by atoms with E-state index in [4.69, 9.17) is 9.26 Å². The summed E-state index contributed by atoms with van der Waals surface area (Å²) in [7, 11) is -1.60. The number of thiophene rings is 1. The van der Waals surface area contributed by atoms with Crippen LogP contribution in [0.3, 0.4) is 0 Å². The molecule has 1 atom stereocenters. The molecule has 4 heterocycles. The van der Waals surface area contributed by atoms with Crippen LogP contribution in [0.25, 0.3) is 10.8 Å². The van der Waals surface area contributed by atoms with Gasteiger partial charge in [0.15, 0.2) is 5.82 Å². The molecule has 0 amide bonds. The molecule has 2 aromatic rings. The smallest absolute Gasteiger partial charge is 0.269 e. The molecule has 0 spiro atoms. The van der Waals surface area contributed by atoms with Crippen LogP contribution in [0, 0.1) is 0 Å². The lowest BCUT2D eigenvalue weighted by atomic mass is 10.2. The number of morpholine rings is 1. The molecular weight excluding hydrogens is 414 g/mol. The second kappa shape index (κ2) is 8.52. The largest absolute Gasteiger partial charge is 0.379 e. The van der Waals surface area contributed by atoms with E-state index in [2.05, 4.69) is 20.4 Å². The van der Waals surface area contributed by atoms with Crippen molar-refractivity contribution >= 4 is 33.8 Å². The Morgan fingerprint density at radius 3 is 2.81 bits per heavy atom. The number of hydrogen-bond acceptors (Lipinski definition) is 9.